The lowest BCUT2D eigenvalue weighted by molar-refractivity contribution is -0.142. The Hall–Kier alpha value is -1.99. The molecule has 0 atom stereocenters. The molecule has 11 nitrogen and oxygen atoms in total. The van der Waals surface area contributed by atoms with Gasteiger partial charge in [0.25, 0.3) is 0 Å². The third-order valence-corrected chi connectivity index (χ3v) is 4.66. The van der Waals surface area contributed by atoms with E-state index in [0.29, 0.717) is 98.2 Å². The van der Waals surface area contributed by atoms with Crippen LogP contribution in [0.1, 0.15) is 19.4 Å². The Morgan fingerprint density at radius 3 is 1.59 bits per heavy atom. The quantitative estimate of drug-likeness (QED) is 0.140. The minimum atomic E-state index is -0.332. The molecule has 11 heteroatoms. The number of methoxy groups -OCH3 is 1. The normalized spacial score (nSPS) is 11.0. The average Bonchev–Trinajstić information content (AvgIpc) is 2.89. The Bertz CT molecular complexity index is 677. The molecule has 0 aromatic heterocycles. The van der Waals surface area contributed by atoms with E-state index >= 15 is 0 Å². The van der Waals surface area contributed by atoms with E-state index in [1.165, 1.54) is 6.92 Å². The van der Waals surface area contributed by atoms with Gasteiger partial charge in [0.05, 0.1) is 85.9 Å². The van der Waals surface area contributed by atoms with Gasteiger partial charge in [-0.15, -0.1) is 0 Å². The van der Waals surface area contributed by atoms with Gasteiger partial charge < -0.3 is 47.9 Å². The molecule has 0 aliphatic rings. The van der Waals surface area contributed by atoms with Gasteiger partial charge in [-0.05, 0) is 19.1 Å². The van der Waals surface area contributed by atoms with Crippen LogP contribution in [0.5, 0.6) is 5.75 Å². The summed E-state index contributed by atoms with van der Waals surface area (Å²) in [6, 6.07) is 5.71. The van der Waals surface area contributed by atoms with E-state index in [9.17, 15) is 4.79 Å². The molecular weight excluding hydrogens is 486 g/mol. The van der Waals surface area contributed by atoms with Gasteiger partial charge in [0, 0.05) is 37.9 Å². The van der Waals surface area contributed by atoms with Crippen LogP contribution in [0.3, 0.4) is 0 Å². The molecule has 0 aliphatic heterocycles. The van der Waals surface area contributed by atoms with Crippen LogP contribution in [-0.4, -0.2) is 112 Å². The second kappa shape index (κ2) is 24.4. The number of carbonyl (C=O) groups excluding carboxylic acids is 1. The fourth-order valence-electron chi connectivity index (χ4n) is 2.86. The second-order valence-electron chi connectivity index (χ2n) is 7.65. The molecule has 0 fully saturated rings. The number of anilines is 1. The molecule has 0 radical (unpaired) electrons. The van der Waals surface area contributed by atoms with Gasteiger partial charge in [-0.1, -0.05) is 0 Å². The van der Waals surface area contributed by atoms with Crippen LogP contribution in [-0.2, 0) is 49.3 Å². The van der Waals surface area contributed by atoms with E-state index in [1.54, 1.807) is 7.11 Å². The SMILES string of the molecule is CCNc1ccc(COC(C)=O)c(OCCOCCOCCOCCOCCOCCOCCOC)c1. The van der Waals surface area contributed by atoms with Gasteiger partial charge in [-0.25, -0.2) is 0 Å². The summed E-state index contributed by atoms with van der Waals surface area (Å²) in [5.41, 5.74) is 1.75. The number of rotatable bonds is 26. The van der Waals surface area contributed by atoms with Crippen LogP contribution >= 0.6 is 0 Å². The van der Waals surface area contributed by atoms with E-state index in [2.05, 4.69) is 5.32 Å². The molecule has 0 saturated heterocycles. The fraction of sp³-hybridized carbons (Fsp3) is 0.731. The topological polar surface area (TPSA) is 112 Å². The summed E-state index contributed by atoms with van der Waals surface area (Å²) in [6.07, 6.45) is 0. The first kappa shape index (κ1) is 33.0. The summed E-state index contributed by atoms with van der Waals surface area (Å²) < 4.78 is 48.5. The first-order valence-electron chi connectivity index (χ1n) is 12.8. The van der Waals surface area contributed by atoms with E-state index in [4.69, 9.17) is 42.6 Å². The molecule has 1 aromatic rings. The molecule has 1 aromatic carbocycles. The summed E-state index contributed by atoms with van der Waals surface area (Å²) in [5.74, 6) is 0.331. The lowest BCUT2D eigenvalue weighted by atomic mass is 10.2. The minimum absolute atomic E-state index is 0.167. The highest BCUT2D eigenvalue weighted by Gasteiger charge is 2.07. The largest absolute Gasteiger partial charge is 0.491 e. The highest BCUT2D eigenvalue weighted by molar-refractivity contribution is 5.66. The molecule has 37 heavy (non-hydrogen) atoms. The van der Waals surface area contributed by atoms with Crippen molar-refractivity contribution in [3.05, 3.63) is 23.8 Å². The third kappa shape index (κ3) is 19.7. The Balaban J connectivity index is 1.93. The van der Waals surface area contributed by atoms with Crippen LogP contribution in [0.25, 0.3) is 0 Å². The van der Waals surface area contributed by atoms with E-state index < -0.39 is 0 Å². The monoisotopic (exact) mass is 531 g/mol. The number of ether oxygens (including phenoxy) is 9. The number of benzene rings is 1. The van der Waals surface area contributed by atoms with Gasteiger partial charge in [0.1, 0.15) is 19.0 Å². The number of hydrogen-bond donors (Lipinski definition) is 1. The molecule has 1 N–H and O–H groups in total. The molecule has 0 bridgehead atoms. The standard InChI is InChI=1S/C26H45NO10/c1-4-27-25-6-5-24(22-37-23(2)28)26(21-25)36-20-19-35-18-17-34-16-15-33-14-13-32-12-11-31-10-9-30-8-7-29-3/h5-6,21,27H,4,7-20,22H2,1-3H3. The number of carbonyl (C=O) groups is 1. The highest BCUT2D eigenvalue weighted by atomic mass is 16.6. The van der Waals surface area contributed by atoms with Crippen LogP contribution < -0.4 is 10.1 Å². The van der Waals surface area contributed by atoms with Gasteiger partial charge in [0.2, 0.25) is 0 Å². The molecular formula is C26H45NO10. The minimum Gasteiger partial charge on any atom is -0.491 e. The fourth-order valence-corrected chi connectivity index (χ4v) is 2.86. The van der Waals surface area contributed by atoms with Gasteiger partial charge in [0.15, 0.2) is 0 Å². The van der Waals surface area contributed by atoms with Crippen molar-refractivity contribution < 1.29 is 47.4 Å². The molecule has 0 saturated carbocycles. The van der Waals surface area contributed by atoms with Crippen molar-refractivity contribution in [1.29, 1.82) is 0 Å². The summed E-state index contributed by atoms with van der Waals surface area (Å²) in [5, 5.41) is 3.24. The van der Waals surface area contributed by atoms with Crippen molar-refractivity contribution in [3.8, 4) is 5.75 Å². The lowest BCUT2D eigenvalue weighted by Gasteiger charge is -2.14. The van der Waals surface area contributed by atoms with Crippen molar-refractivity contribution in [2.24, 2.45) is 0 Å². The summed E-state index contributed by atoms with van der Waals surface area (Å²) >= 11 is 0. The average molecular weight is 532 g/mol. The van der Waals surface area contributed by atoms with Crippen LogP contribution in [0, 0.1) is 0 Å². The van der Waals surface area contributed by atoms with Crippen molar-refractivity contribution in [1.82, 2.24) is 0 Å². The predicted molar refractivity (Wildman–Crippen MR) is 138 cm³/mol. The van der Waals surface area contributed by atoms with Gasteiger partial charge in [-0.3, -0.25) is 4.79 Å². The highest BCUT2D eigenvalue weighted by Crippen LogP contribution is 2.24. The Kier molecular flexibility index (Phi) is 21.7. The van der Waals surface area contributed by atoms with Gasteiger partial charge in [-0.2, -0.15) is 0 Å². The maximum atomic E-state index is 11.1. The van der Waals surface area contributed by atoms with Crippen molar-refractivity contribution in [2.45, 2.75) is 20.5 Å². The Labute approximate surface area is 220 Å². The second-order valence-corrected chi connectivity index (χ2v) is 7.65. The van der Waals surface area contributed by atoms with Crippen molar-refractivity contribution in [3.63, 3.8) is 0 Å². The number of hydrogen-bond acceptors (Lipinski definition) is 11. The summed E-state index contributed by atoms with van der Waals surface area (Å²) in [6.45, 7) is 11.4. The number of esters is 1. The lowest BCUT2D eigenvalue weighted by Crippen LogP contribution is -2.15. The maximum Gasteiger partial charge on any atom is 0.302 e. The summed E-state index contributed by atoms with van der Waals surface area (Å²) in [7, 11) is 1.64. The van der Waals surface area contributed by atoms with E-state index in [0.717, 1.165) is 17.8 Å². The first-order chi connectivity index (χ1) is 18.2. The molecule has 214 valence electrons. The zero-order chi connectivity index (χ0) is 26.8. The summed E-state index contributed by atoms with van der Waals surface area (Å²) in [4.78, 5) is 11.1. The van der Waals surface area contributed by atoms with Crippen LogP contribution in [0.4, 0.5) is 5.69 Å². The molecule has 0 unspecified atom stereocenters. The number of nitrogens with one attached hydrogen (secondary N) is 1. The van der Waals surface area contributed by atoms with Crippen molar-refractivity contribution >= 4 is 11.7 Å². The third-order valence-electron chi connectivity index (χ3n) is 4.66. The Morgan fingerprint density at radius 2 is 1.16 bits per heavy atom. The van der Waals surface area contributed by atoms with E-state index in [-0.39, 0.29) is 12.6 Å². The zero-order valence-corrected chi connectivity index (χ0v) is 22.6. The molecule has 0 heterocycles. The molecule has 1 rings (SSSR count). The first-order valence-corrected chi connectivity index (χ1v) is 12.8. The van der Waals surface area contributed by atoms with Crippen molar-refractivity contribution in [2.75, 3.05) is 111 Å². The van der Waals surface area contributed by atoms with Gasteiger partial charge >= 0.3 is 5.97 Å². The molecule has 0 amide bonds. The zero-order valence-electron chi connectivity index (χ0n) is 22.6. The predicted octanol–water partition coefficient (Wildman–Crippen LogP) is 2.31. The molecule has 0 spiro atoms. The van der Waals surface area contributed by atoms with Crippen LogP contribution in [0.15, 0.2) is 18.2 Å². The Morgan fingerprint density at radius 1 is 0.703 bits per heavy atom. The maximum absolute atomic E-state index is 11.1. The smallest absolute Gasteiger partial charge is 0.302 e. The van der Waals surface area contributed by atoms with E-state index in [1.807, 2.05) is 25.1 Å². The van der Waals surface area contributed by atoms with Crippen LogP contribution in [0.2, 0.25) is 0 Å². The molecule has 0 aliphatic carbocycles.